The van der Waals surface area contributed by atoms with E-state index in [4.69, 9.17) is 0 Å². The van der Waals surface area contributed by atoms with Crippen molar-refractivity contribution in [3.63, 3.8) is 0 Å². The molecule has 0 aliphatic carbocycles. The second kappa shape index (κ2) is 4.91. The minimum absolute atomic E-state index is 0.0698. The van der Waals surface area contributed by atoms with Crippen molar-refractivity contribution in [2.45, 2.75) is 0 Å². The third kappa shape index (κ3) is 2.46. The third-order valence-electron chi connectivity index (χ3n) is 2.22. The number of nitro benzene ring substituents is 1. The van der Waals surface area contributed by atoms with E-state index in [-0.39, 0.29) is 5.69 Å². The van der Waals surface area contributed by atoms with E-state index in [1.54, 1.807) is 18.3 Å². The molecule has 0 atom stereocenters. The zero-order valence-corrected chi connectivity index (χ0v) is 13.0. The van der Waals surface area contributed by atoms with Crippen molar-refractivity contribution in [1.29, 1.82) is 0 Å². The molecule has 1 aromatic carbocycles. The Labute approximate surface area is 122 Å². The molecule has 88 valence electrons. The highest BCUT2D eigenvalue weighted by Gasteiger charge is 2.19. The van der Waals surface area contributed by atoms with Crippen LogP contribution in [0, 0.1) is 10.1 Å². The van der Waals surface area contributed by atoms with Gasteiger partial charge in [0.1, 0.15) is 0 Å². The van der Waals surface area contributed by atoms with E-state index < -0.39 is 4.92 Å². The number of nitro groups is 1. The molecule has 0 saturated carbocycles. The molecule has 0 saturated heterocycles. The molecule has 2 aromatic rings. The molecule has 7 heteroatoms. The standard InChI is InChI=1S/C10H5Br3N2O2/c11-5-1-2-8(15(16)17)6(3-5)7-4-14-10(13)9(7)12/h1-4,14H. The van der Waals surface area contributed by atoms with Gasteiger partial charge in [-0.3, -0.25) is 10.1 Å². The lowest BCUT2D eigenvalue weighted by Crippen LogP contribution is -1.91. The van der Waals surface area contributed by atoms with Gasteiger partial charge in [0.05, 0.1) is 19.6 Å². The fraction of sp³-hybridized carbons (Fsp3) is 0. The van der Waals surface area contributed by atoms with E-state index in [1.165, 1.54) is 6.07 Å². The van der Waals surface area contributed by atoms with Crippen LogP contribution in [0.5, 0.6) is 0 Å². The SMILES string of the molecule is O=[N+]([O-])c1ccc(Br)cc1-c1c[nH]c(Br)c1Br. The summed E-state index contributed by atoms with van der Waals surface area (Å²) >= 11 is 10.0. The van der Waals surface area contributed by atoms with Crippen LogP contribution in [0.1, 0.15) is 0 Å². The lowest BCUT2D eigenvalue weighted by atomic mass is 10.1. The van der Waals surface area contributed by atoms with Crippen molar-refractivity contribution in [3.8, 4) is 11.1 Å². The second-order valence-corrected chi connectivity index (χ2v) is 5.75. The summed E-state index contributed by atoms with van der Waals surface area (Å²) in [6.07, 6.45) is 1.71. The van der Waals surface area contributed by atoms with Crippen LogP contribution in [0.4, 0.5) is 5.69 Å². The molecule has 0 fully saturated rings. The second-order valence-electron chi connectivity index (χ2n) is 3.25. The Morgan fingerprint density at radius 3 is 2.41 bits per heavy atom. The maximum Gasteiger partial charge on any atom is 0.277 e. The van der Waals surface area contributed by atoms with Gasteiger partial charge in [0.15, 0.2) is 0 Å². The Morgan fingerprint density at radius 1 is 1.18 bits per heavy atom. The van der Waals surface area contributed by atoms with Crippen molar-refractivity contribution < 1.29 is 4.92 Å². The van der Waals surface area contributed by atoms with Gasteiger partial charge < -0.3 is 4.98 Å². The van der Waals surface area contributed by atoms with Crippen LogP contribution in [0.25, 0.3) is 11.1 Å². The fourth-order valence-corrected chi connectivity index (χ4v) is 2.59. The highest BCUT2D eigenvalue weighted by Crippen LogP contribution is 2.39. The largest absolute Gasteiger partial charge is 0.354 e. The fourth-order valence-electron chi connectivity index (χ4n) is 1.46. The molecule has 0 aliphatic heterocycles. The average Bonchev–Trinajstić information content (AvgIpc) is 2.59. The van der Waals surface area contributed by atoms with E-state index in [2.05, 4.69) is 52.8 Å². The molecule has 0 bridgehead atoms. The van der Waals surface area contributed by atoms with Gasteiger partial charge in [-0.05, 0) is 44.0 Å². The number of aromatic nitrogens is 1. The van der Waals surface area contributed by atoms with Crippen LogP contribution < -0.4 is 0 Å². The van der Waals surface area contributed by atoms with Crippen LogP contribution in [0.2, 0.25) is 0 Å². The molecule has 0 unspecified atom stereocenters. The predicted molar refractivity (Wildman–Crippen MR) is 76.0 cm³/mol. The van der Waals surface area contributed by atoms with Crippen molar-refractivity contribution in [2.75, 3.05) is 0 Å². The van der Waals surface area contributed by atoms with Gasteiger partial charge in [0.2, 0.25) is 0 Å². The van der Waals surface area contributed by atoms with E-state index in [0.29, 0.717) is 5.56 Å². The first-order valence-electron chi connectivity index (χ1n) is 4.47. The summed E-state index contributed by atoms with van der Waals surface area (Å²) < 4.78 is 2.31. The number of hydrogen-bond donors (Lipinski definition) is 1. The molecule has 17 heavy (non-hydrogen) atoms. The highest BCUT2D eigenvalue weighted by molar-refractivity contribution is 9.13. The Kier molecular flexibility index (Phi) is 3.70. The molecule has 1 heterocycles. The van der Waals surface area contributed by atoms with Gasteiger partial charge >= 0.3 is 0 Å². The van der Waals surface area contributed by atoms with Gasteiger partial charge in [0, 0.05) is 22.3 Å². The molecule has 1 aromatic heterocycles. The summed E-state index contributed by atoms with van der Waals surface area (Å²) in [4.78, 5) is 13.5. The molecule has 0 amide bonds. The summed E-state index contributed by atoms with van der Waals surface area (Å²) in [5, 5.41) is 11.0. The number of rotatable bonds is 2. The normalized spacial score (nSPS) is 10.5. The molecule has 1 N–H and O–H groups in total. The molecular formula is C10H5Br3N2O2. The first kappa shape index (κ1) is 12.8. The van der Waals surface area contributed by atoms with Crippen molar-refractivity contribution in [3.05, 3.63) is 48.1 Å². The number of nitrogens with one attached hydrogen (secondary N) is 1. The summed E-state index contributed by atoms with van der Waals surface area (Å²) in [5.74, 6) is 0. The lowest BCUT2D eigenvalue weighted by molar-refractivity contribution is -0.384. The first-order chi connectivity index (χ1) is 8.00. The number of aromatic amines is 1. The number of H-pyrrole nitrogens is 1. The predicted octanol–water partition coefficient (Wildman–Crippen LogP) is 4.88. The van der Waals surface area contributed by atoms with Crippen molar-refractivity contribution in [1.82, 2.24) is 4.98 Å². The Bertz CT molecular complexity index is 595. The summed E-state index contributed by atoms with van der Waals surface area (Å²) in [7, 11) is 0. The van der Waals surface area contributed by atoms with Gasteiger partial charge in [-0.15, -0.1) is 0 Å². The summed E-state index contributed by atoms with van der Waals surface area (Å²) in [5.41, 5.74) is 1.36. The zero-order valence-electron chi connectivity index (χ0n) is 8.21. The molecule has 2 rings (SSSR count). The zero-order chi connectivity index (χ0) is 12.6. The summed E-state index contributed by atoms with van der Waals surface area (Å²) in [6, 6.07) is 4.85. The van der Waals surface area contributed by atoms with Crippen molar-refractivity contribution in [2.24, 2.45) is 0 Å². The average molecular weight is 425 g/mol. The van der Waals surface area contributed by atoms with Gasteiger partial charge in [-0.2, -0.15) is 0 Å². The Hall–Kier alpha value is -0.660. The molecule has 0 radical (unpaired) electrons. The van der Waals surface area contributed by atoms with E-state index in [0.717, 1.165) is 19.1 Å². The quantitative estimate of drug-likeness (QED) is 0.552. The van der Waals surface area contributed by atoms with Gasteiger partial charge in [0.25, 0.3) is 5.69 Å². The third-order valence-corrected chi connectivity index (χ3v) is 4.69. The highest BCUT2D eigenvalue weighted by atomic mass is 79.9. The smallest absolute Gasteiger partial charge is 0.277 e. The van der Waals surface area contributed by atoms with E-state index >= 15 is 0 Å². The Morgan fingerprint density at radius 2 is 1.88 bits per heavy atom. The van der Waals surface area contributed by atoms with Crippen LogP contribution in [-0.2, 0) is 0 Å². The Balaban J connectivity index is 2.69. The molecule has 0 aliphatic rings. The van der Waals surface area contributed by atoms with Crippen LogP contribution in [0.15, 0.2) is 37.9 Å². The van der Waals surface area contributed by atoms with E-state index in [9.17, 15) is 10.1 Å². The first-order valence-corrected chi connectivity index (χ1v) is 6.85. The molecule has 0 spiro atoms. The van der Waals surface area contributed by atoms with Crippen molar-refractivity contribution >= 4 is 53.5 Å². The topological polar surface area (TPSA) is 58.9 Å². The van der Waals surface area contributed by atoms with Gasteiger partial charge in [-0.1, -0.05) is 15.9 Å². The van der Waals surface area contributed by atoms with Crippen LogP contribution in [0.3, 0.4) is 0 Å². The van der Waals surface area contributed by atoms with Crippen LogP contribution in [-0.4, -0.2) is 9.91 Å². The number of benzene rings is 1. The maximum absolute atomic E-state index is 11.0. The maximum atomic E-state index is 11.0. The lowest BCUT2D eigenvalue weighted by Gasteiger charge is -2.02. The minimum Gasteiger partial charge on any atom is -0.354 e. The number of halogens is 3. The number of nitrogens with zero attached hydrogens (tertiary/aromatic N) is 1. The minimum atomic E-state index is -0.394. The summed E-state index contributed by atoms with van der Waals surface area (Å²) in [6.45, 7) is 0. The van der Waals surface area contributed by atoms with Gasteiger partial charge in [-0.25, -0.2) is 0 Å². The van der Waals surface area contributed by atoms with Crippen LogP contribution >= 0.6 is 47.8 Å². The molecule has 4 nitrogen and oxygen atoms in total. The monoisotopic (exact) mass is 422 g/mol. The van der Waals surface area contributed by atoms with E-state index in [1.807, 2.05) is 0 Å². The number of hydrogen-bond acceptors (Lipinski definition) is 2. The molecular weight excluding hydrogens is 420 g/mol.